The van der Waals surface area contributed by atoms with E-state index in [0.717, 1.165) is 22.9 Å². The summed E-state index contributed by atoms with van der Waals surface area (Å²) in [6, 6.07) is 5.68. The second-order valence-corrected chi connectivity index (χ2v) is 6.71. The van der Waals surface area contributed by atoms with Crippen LogP contribution in [0.2, 0.25) is 5.02 Å². The van der Waals surface area contributed by atoms with Crippen LogP contribution in [0.25, 0.3) is 0 Å². The fraction of sp³-hybridized carbons (Fsp3) is 0.647. The van der Waals surface area contributed by atoms with E-state index in [1.54, 1.807) is 0 Å². The van der Waals surface area contributed by atoms with E-state index in [1.807, 2.05) is 18.2 Å². The second-order valence-electron chi connectivity index (χ2n) is 5.45. The fourth-order valence-corrected chi connectivity index (χ4v) is 2.79. The van der Waals surface area contributed by atoms with Crippen molar-refractivity contribution in [1.29, 1.82) is 0 Å². The molecule has 0 aliphatic heterocycles. The average Bonchev–Trinajstić information content (AvgIpc) is 2.44. The molecular formula is C17H26BrClO. The third-order valence-corrected chi connectivity index (χ3v) is 4.89. The van der Waals surface area contributed by atoms with Gasteiger partial charge in [0.05, 0.1) is 11.1 Å². The van der Waals surface area contributed by atoms with E-state index in [2.05, 4.69) is 22.9 Å². The minimum Gasteiger partial charge on any atom is -0.388 e. The van der Waals surface area contributed by atoms with Crippen LogP contribution in [0.15, 0.2) is 22.7 Å². The Morgan fingerprint density at radius 1 is 1.05 bits per heavy atom. The zero-order valence-corrected chi connectivity index (χ0v) is 14.7. The van der Waals surface area contributed by atoms with Crippen molar-refractivity contribution in [1.82, 2.24) is 0 Å². The standard InChI is InChI=1S/C17H26BrClO/c1-2-3-4-5-6-7-8-9-10-17(20)14-11-12-15(18)16(19)13-14/h11-13,17,20H,2-10H2,1H3. The number of unbranched alkanes of at least 4 members (excludes halogenated alkanes) is 7. The topological polar surface area (TPSA) is 20.2 Å². The minimum absolute atomic E-state index is 0.388. The average molecular weight is 362 g/mol. The fourth-order valence-electron chi connectivity index (χ4n) is 2.36. The number of hydrogen-bond acceptors (Lipinski definition) is 1. The zero-order valence-electron chi connectivity index (χ0n) is 12.4. The van der Waals surface area contributed by atoms with Gasteiger partial charge in [0.25, 0.3) is 0 Å². The first kappa shape index (κ1) is 18.0. The number of benzene rings is 1. The third-order valence-electron chi connectivity index (χ3n) is 3.66. The van der Waals surface area contributed by atoms with Crippen LogP contribution < -0.4 is 0 Å². The summed E-state index contributed by atoms with van der Waals surface area (Å²) in [6.45, 7) is 2.25. The predicted molar refractivity (Wildman–Crippen MR) is 91.3 cm³/mol. The van der Waals surface area contributed by atoms with Crippen LogP contribution >= 0.6 is 27.5 Å². The molecule has 0 saturated heterocycles. The molecule has 0 bridgehead atoms. The predicted octanol–water partition coefficient (Wildman–Crippen LogP) is 6.67. The molecule has 1 N–H and O–H groups in total. The normalized spacial score (nSPS) is 12.6. The lowest BCUT2D eigenvalue weighted by Crippen LogP contribution is -1.97. The molecule has 0 saturated carbocycles. The van der Waals surface area contributed by atoms with Gasteiger partial charge in [-0.3, -0.25) is 0 Å². The number of aliphatic hydroxyl groups excluding tert-OH is 1. The van der Waals surface area contributed by atoms with E-state index < -0.39 is 0 Å². The van der Waals surface area contributed by atoms with E-state index in [9.17, 15) is 5.11 Å². The molecule has 20 heavy (non-hydrogen) atoms. The van der Waals surface area contributed by atoms with Gasteiger partial charge in [0.2, 0.25) is 0 Å². The maximum Gasteiger partial charge on any atom is 0.0790 e. The van der Waals surface area contributed by atoms with Crippen LogP contribution in [0.5, 0.6) is 0 Å². The number of halogens is 2. The first-order valence-electron chi connectivity index (χ1n) is 7.78. The van der Waals surface area contributed by atoms with E-state index in [1.165, 1.54) is 44.9 Å². The molecule has 0 spiro atoms. The third kappa shape index (κ3) is 7.10. The summed E-state index contributed by atoms with van der Waals surface area (Å²) in [4.78, 5) is 0. The van der Waals surface area contributed by atoms with Gasteiger partial charge in [-0.1, -0.05) is 76.0 Å². The number of hydrogen-bond donors (Lipinski definition) is 1. The Kier molecular flexibility index (Phi) is 9.58. The first-order chi connectivity index (χ1) is 9.65. The maximum atomic E-state index is 10.1. The smallest absolute Gasteiger partial charge is 0.0790 e. The van der Waals surface area contributed by atoms with Crippen LogP contribution in [0.3, 0.4) is 0 Å². The molecule has 1 nitrogen and oxygen atoms in total. The number of aliphatic hydroxyl groups is 1. The van der Waals surface area contributed by atoms with Crippen LogP contribution in [0.4, 0.5) is 0 Å². The van der Waals surface area contributed by atoms with Gasteiger partial charge in [0.15, 0.2) is 0 Å². The molecule has 0 heterocycles. The van der Waals surface area contributed by atoms with Gasteiger partial charge in [0, 0.05) is 4.47 Å². The number of rotatable bonds is 10. The molecule has 0 amide bonds. The van der Waals surface area contributed by atoms with Gasteiger partial charge in [-0.25, -0.2) is 0 Å². The molecule has 0 fully saturated rings. The van der Waals surface area contributed by atoms with Gasteiger partial charge in [-0.2, -0.15) is 0 Å². The van der Waals surface area contributed by atoms with Crippen molar-refractivity contribution in [3.8, 4) is 0 Å². The quantitative estimate of drug-likeness (QED) is 0.461. The molecule has 1 atom stereocenters. The monoisotopic (exact) mass is 360 g/mol. The molecular weight excluding hydrogens is 336 g/mol. The summed E-state index contributed by atoms with van der Waals surface area (Å²) in [5.41, 5.74) is 0.918. The lowest BCUT2D eigenvalue weighted by Gasteiger charge is -2.11. The van der Waals surface area contributed by atoms with Crippen LogP contribution in [-0.4, -0.2) is 5.11 Å². The molecule has 114 valence electrons. The van der Waals surface area contributed by atoms with Crippen molar-refractivity contribution in [2.75, 3.05) is 0 Å². The highest BCUT2D eigenvalue weighted by molar-refractivity contribution is 9.10. The second kappa shape index (κ2) is 10.6. The Hall–Kier alpha value is -0.0500. The maximum absolute atomic E-state index is 10.1. The van der Waals surface area contributed by atoms with Crippen molar-refractivity contribution in [2.45, 2.75) is 70.8 Å². The van der Waals surface area contributed by atoms with Crippen molar-refractivity contribution in [3.63, 3.8) is 0 Å². The summed E-state index contributed by atoms with van der Waals surface area (Å²) in [5, 5.41) is 10.8. The van der Waals surface area contributed by atoms with Gasteiger partial charge >= 0.3 is 0 Å². The Morgan fingerprint density at radius 2 is 1.65 bits per heavy atom. The zero-order chi connectivity index (χ0) is 14.8. The summed E-state index contributed by atoms with van der Waals surface area (Å²) in [7, 11) is 0. The van der Waals surface area contributed by atoms with Crippen molar-refractivity contribution >= 4 is 27.5 Å². The van der Waals surface area contributed by atoms with Gasteiger partial charge in [-0.05, 0) is 40.0 Å². The highest BCUT2D eigenvalue weighted by Crippen LogP contribution is 2.28. The van der Waals surface area contributed by atoms with Crippen LogP contribution in [0.1, 0.15) is 76.4 Å². The first-order valence-corrected chi connectivity index (χ1v) is 8.95. The SMILES string of the molecule is CCCCCCCCCCC(O)c1ccc(Br)c(Cl)c1. The Morgan fingerprint density at radius 3 is 2.25 bits per heavy atom. The van der Waals surface area contributed by atoms with Crippen molar-refractivity contribution < 1.29 is 5.11 Å². The lowest BCUT2D eigenvalue weighted by molar-refractivity contribution is 0.163. The summed E-state index contributed by atoms with van der Waals surface area (Å²) < 4.78 is 0.877. The summed E-state index contributed by atoms with van der Waals surface area (Å²) in [5.74, 6) is 0. The molecule has 1 unspecified atom stereocenters. The molecule has 0 radical (unpaired) electrons. The Balaban J connectivity index is 2.13. The molecule has 0 aliphatic carbocycles. The molecule has 0 aliphatic rings. The van der Waals surface area contributed by atoms with Crippen molar-refractivity contribution in [3.05, 3.63) is 33.3 Å². The minimum atomic E-state index is -0.388. The lowest BCUT2D eigenvalue weighted by atomic mass is 10.0. The summed E-state index contributed by atoms with van der Waals surface area (Å²) >= 11 is 9.41. The van der Waals surface area contributed by atoms with Crippen LogP contribution in [0, 0.1) is 0 Å². The van der Waals surface area contributed by atoms with E-state index in [0.29, 0.717) is 5.02 Å². The van der Waals surface area contributed by atoms with E-state index >= 15 is 0 Å². The van der Waals surface area contributed by atoms with Gasteiger partial charge in [0.1, 0.15) is 0 Å². The van der Waals surface area contributed by atoms with E-state index in [4.69, 9.17) is 11.6 Å². The molecule has 0 aromatic heterocycles. The highest BCUT2D eigenvalue weighted by atomic mass is 79.9. The molecule has 1 aromatic carbocycles. The molecule has 3 heteroatoms. The van der Waals surface area contributed by atoms with E-state index in [-0.39, 0.29) is 6.10 Å². The highest BCUT2D eigenvalue weighted by Gasteiger charge is 2.08. The Labute approximate surface area is 136 Å². The summed E-state index contributed by atoms with van der Waals surface area (Å²) in [6.07, 6.45) is 10.8. The molecule has 1 rings (SSSR count). The van der Waals surface area contributed by atoms with Crippen LogP contribution in [-0.2, 0) is 0 Å². The van der Waals surface area contributed by atoms with Crippen molar-refractivity contribution in [2.24, 2.45) is 0 Å². The Bertz CT molecular complexity index is 381. The van der Waals surface area contributed by atoms with Gasteiger partial charge < -0.3 is 5.11 Å². The molecule has 1 aromatic rings. The largest absolute Gasteiger partial charge is 0.388 e. The van der Waals surface area contributed by atoms with Gasteiger partial charge in [-0.15, -0.1) is 0 Å².